The van der Waals surface area contributed by atoms with Crippen molar-refractivity contribution in [1.82, 2.24) is 0 Å². The molecule has 1 aliphatic heterocycles. The number of aliphatic hydroxyl groups excluding tert-OH is 1. The van der Waals surface area contributed by atoms with E-state index < -0.39 is 6.10 Å². The Balaban J connectivity index is 1.35. The van der Waals surface area contributed by atoms with Crippen LogP contribution in [-0.4, -0.2) is 35.4 Å². The maximum absolute atomic E-state index is 12.5. The summed E-state index contributed by atoms with van der Waals surface area (Å²) >= 11 is 0. The van der Waals surface area contributed by atoms with Gasteiger partial charge < -0.3 is 14.6 Å². The lowest BCUT2D eigenvalue weighted by Crippen LogP contribution is -2.27. The molecule has 1 saturated heterocycles. The van der Waals surface area contributed by atoms with Crippen molar-refractivity contribution in [1.29, 1.82) is 0 Å². The van der Waals surface area contributed by atoms with E-state index in [2.05, 4.69) is 12.1 Å². The maximum Gasteiger partial charge on any atom is 0.338 e. The van der Waals surface area contributed by atoms with Crippen LogP contribution in [0, 0.1) is 11.8 Å². The fourth-order valence-electron chi connectivity index (χ4n) is 4.78. The second-order valence-electron chi connectivity index (χ2n) is 8.36. The lowest BCUT2D eigenvalue weighted by atomic mass is 9.86. The zero-order chi connectivity index (χ0) is 20.9. The van der Waals surface area contributed by atoms with Crippen LogP contribution in [0.25, 0.3) is 0 Å². The van der Waals surface area contributed by atoms with E-state index in [4.69, 9.17) is 9.47 Å². The number of carbonyl (C=O) groups is 2. The molecule has 4 rings (SSSR count). The van der Waals surface area contributed by atoms with Crippen LogP contribution < -0.4 is 0 Å². The van der Waals surface area contributed by atoms with Gasteiger partial charge in [0.1, 0.15) is 12.2 Å². The minimum absolute atomic E-state index is 0.0282. The summed E-state index contributed by atoms with van der Waals surface area (Å²) in [5.74, 6) is -0.429. The number of hydrogen-bond acceptors (Lipinski definition) is 5. The Morgan fingerprint density at radius 1 is 1.07 bits per heavy atom. The number of fused-ring (bicyclic) bond motifs is 1. The molecule has 1 N–H and O–H groups in total. The Morgan fingerprint density at radius 3 is 2.50 bits per heavy atom. The van der Waals surface area contributed by atoms with E-state index in [-0.39, 0.29) is 36.0 Å². The highest BCUT2D eigenvalue weighted by molar-refractivity contribution is 5.89. The summed E-state index contributed by atoms with van der Waals surface area (Å²) in [4.78, 5) is 24.3. The maximum atomic E-state index is 12.5. The summed E-state index contributed by atoms with van der Waals surface area (Å²) in [6.07, 6.45) is 2.86. The van der Waals surface area contributed by atoms with Crippen molar-refractivity contribution >= 4 is 11.9 Å². The van der Waals surface area contributed by atoms with Gasteiger partial charge in [-0.2, -0.15) is 0 Å². The first kappa shape index (κ1) is 20.6. The fraction of sp³-hybridized carbons (Fsp3) is 0.440. The third kappa shape index (κ3) is 4.90. The number of carbonyl (C=O) groups excluding carboxylic acids is 2. The minimum atomic E-state index is -0.423. The third-order valence-corrected chi connectivity index (χ3v) is 6.37. The van der Waals surface area contributed by atoms with E-state index in [0.29, 0.717) is 37.7 Å². The molecule has 0 radical (unpaired) electrons. The molecule has 0 aromatic heterocycles. The second-order valence-corrected chi connectivity index (χ2v) is 8.36. The molecule has 0 spiro atoms. The number of esters is 2. The molecule has 5 atom stereocenters. The SMILES string of the molecule is O=C1C[C@@H]2[C@@H](CC[C@@H](O)CCc3ccccc3)[C@H](OC(=O)c3ccccc3)C[C@@H]2O1. The summed E-state index contributed by atoms with van der Waals surface area (Å²) in [5, 5.41) is 10.5. The molecular formula is C25H28O5. The second kappa shape index (κ2) is 9.43. The van der Waals surface area contributed by atoms with Crippen LogP contribution in [0.5, 0.6) is 0 Å². The van der Waals surface area contributed by atoms with E-state index in [1.807, 2.05) is 36.4 Å². The van der Waals surface area contributed by atoms with Crippen molar-refractivity contribution in [3.05, 3.63) is 71.8 Å². The van der Waals surface area contributed by atoms with Gasteiger partial charge in [0.25, 0.3) is 0 Å². The Bertz CT molecular complexity index is 850. The molecule has 2 fully saturated rings. The predicted octanol–water partition coefficient (Wildman–Crippen LogP) is 3.94. The zero-order valence-corrected chi connectivity index (χ0v) is 17.0. The summed E-state index contributed by atoms with van der Waals surface area (Å²) in [7, 11) is 0. The van der Waals surface area contributed by atoms with Gasteiger partial charge in [-0.1, -0.05) is 48.5 Å². The molecule has 1 aliphatic carbocycles. The van der Waals surface area contributed by atoms with Crippen LogP contribution in [0.2, 0.25) is 0 Å². The van der Waals surface area contributed by atoms with E-state index in [1.165, 1.54) is 5.56 Å². The average Bonchev–Trinajstić information content (AvgIpc) is 3.27. The number of ether oxygens (including phenoxy) is 2. The molecular weight excluding hydrogens is 380 g/mol. The highest BCUT2D eigenvalue weighted by Gasteiger charge is 2.51. The van der Waals surface area contributed by atoms with E-state index >= 15 is 0 Å². The number of benzene rings is 2. The van der Waals surface area contributed by atoms with Gasteiger partial charge in [-0.25, -0.2) is 4.79 Å². The molecule has 5 heteroatoms. The molecule has 2 aromatic rings. The molecule has 5 nitrogen and oxygen atoms in total. The van der Waals surface area contributed by atoms with Gasteiger partial charge in [0, 0.05) is 18.3 Å². The topological polar surface area (TPSA) is 72.8 Å². The van der Waals surface area contributed by atoms with Gasteiger partial charge in [0.15, 0.2) is 0 Å². The summed E-state index contributed by atoms with van der Waals surface area (Å²) in [6, 6.07) is 19.1. The summed E-state index contributed by atoms with van der Waals surface area (Å²) in [5.41, 5.74) is 1.73. The Morgan fingerprint density at radius 2 is 1.77 bits per heavy atom. The van der Waals surface area contributed by atoms with E-state index in [0.717, 1.165) is 6.42 Å². The smallest absolute Gasteiger partial charge is 0.338 e. The van der Waals surface area contributed by atoms with Crippen molar-refractivity contribution in [2.24, 2.45) is 11.8 Å². The molecule has 158 valence electrons. The van der Waals surface area contributed by atoms with Gasteiger partial charge in [-0.05, 0) is 43.4 Å². The van der Waals surface area contributed by atoms with Crippen LogP contribution in [0.3, 0.4) is 0 Å². The quantitative estimate of drug-likeness (QED) is 0.670. The molecule has 1 saturated carbocycles. The van der Waals surface area contributed by atoms with Crippen LogP contribution >= 0.6 is 0 Å². The first-order valence-electron chi connectivity index (χ1n) is 10.8. The van der Waals surface area contributed by atoms with Crippen LogP contribution in [0.15, 0.2) is 60.7 Å². The van der Waals surface area contributed by atoms with Crippen molar-refractivity contribution in [3.63, 3.8) is 0 Å². The van der Waals surface area contributed by atoms with Crippen LogP contribution in [0.4, 0.5) is 0 Å². The highest BCUT2D eigenvalue weighted by Crippen LogP contribution is 2.45. The highest BCUT2D eigenvalue weighted by atomic mass is 16.6. The third-order valence-electron chi connectivity index (χ3n) is 6.37. The lowest BCUT2D eigenvalue weighted by Gasteiger charge is -2.24. The van der Waals surface area contributed by atoms with Crippen molar-refractivity contribution in [2.75, 3.05) is 0 Å². The molecule has 30 heavy (non-hydrogen) atoms. The Kier molecular flexibility index (Phi) is 6.48. The minimum Gasteiger partial charge on any atom is -0.462 e. The first-order chi connectivity index (χ1) is 14.6. The largest absolute Gasteiger partial charge is 0.462 e. The normalized spacial score (nSPS) is 26.1. The fourth-order valence-corrected chi connectivity index (χ4v) is 4.78. The summed E-state index contributed by atoms with van der Waals surface area (Å²) < 4.78 is 11.3. The lowest BCUT2D eigenvalue weighted by molar-refractivity contribution is -0.141. The number of aryl methyl sites for hydroxylation is 1. The number of aliphatic hydroxyl groups is 1. The molecule has 2 aliphatic rings. The molecule has 0 amide bonds. The van der Waals surface area contributed by atoms with Gasteiger partial charge >= 0.3 is 11.9 Å². The Labute approximate surface area is 177 Å². The van der Waals surface area contributed by atoms with Crippen molar-refractivity contribution in [2.45, 2.75) is 56.8 Å². The van der Waals surface area contributed by atoms with E-state index in [1.54, 1.807) is 12.1 Å². The average molecular weight is 408 g/mol. The number of hydrogen-bond donors (Lipinski definition) is 1. The van der Waals surface area contributed by atoms with Gasteiger partial charge in [0.05, 0.1) is 18.1 Å². The first-order valence-corrected chi connectivity index (χ1v) is 10.8. The van der Waals surface area contributed by atoms with Crippen molar-refractivity contribution < 1.29 is 24.2 Å². The monoisotopic (exact) mass is 408 g/mol. The van der Waals surface area contributed by atoms with Gasteiger partial charge in [0.2, 0.25) is 0 Å². The van der Waals surface area contributed by atoms with Gasteiger partial charge in [-0.3, -0.25) is 4.79 Å². The molecule has 0 unspecified atom stereocenters. The van der Waals surface area contributed by atoms with Crippen LogP contribution in [-0.2, 0) is 20.7 Å². The van der Waals surface area contributed by atoms with Gasteiger partial charge in [-0.15, -0.1) is 0 Å². The van der Waals surface area contributed by atoms with Crippen LogP contribution in [0.1, 0.15) is 48.0 Å². The van der Waals surface area contributed by atoms with E-state index in [9.17, 15) is 14.7 Å². The standard InChI is InChI=1S/C25H28O5/c26-19(12-11-17-7-3-1-4-8-17)13-14-20-21-15-24(27)29-23(21)16-22(20)30-25(28)18-9-5-2-6-10-18/h1-10,19-23,26H,11-16H2/t19-,20+,21+,22+,23-/m0/s1. The summed E-state index contributed by atoms with van der Waals surface area (Å²) in [6.45, 7) is 0. The molecule has 1 heterocycles. The molecule has 2 aromatic carbocycles. The zero-order valence-electron chi connectivity index (χ0n) is 17.0. The molecule has 0 bridgehead atoms. The number of rotatable bonds is 8. The predicted molar refractivity (Wildman–Crippen MR) is 112 cm³/mol. The Hall–Kier alpha value is -2.66. The van der Waals surface area contributed by atoms with Crippen molar-refractivity contribution in [3.8, 4) is 0 Å².